The lowest BCUT2D eigenvalue weighted by Crippen LogP contribution is -2.32. The van der Waals surface area contributed by atoms with Crippen LogP contribution >= 0.6 is 0 Å². The van der Waals surface area contributed by atoms with Crippen LogP contribution in [-0.4, -0.2) is 12.9 Å². The predicted molar refractivity (Wildman–Crippen MR) is 32.0 cm³/mol. The Hall–Kier alpha value is -0.160. The Bertz CT molecular complexity index is 70.6. The molecular formula is C5H12N2O2. The molecule has 3 N–H and O–H groups in total. The second kappa shape index (κ2) is 3.79. The molecule has 0 aromatic rings. The Labute approximate surface area is 54.2 Å². The molecule has 0 aromatic carbocycles. The van der Waals surface area contributed by atoms with Crippen molar-refractivity contribution in [3.05, 3.63) is 0 Å². The van der Waals surface area contributed by atoms with E-state index in [-0.39, 0.29) is 6.29 Å². The zero-order valence-electron chi connectivity index (χ0n) is 5.30. The van der Waals surface area contributed by atoms with E-state index in [4.69, 9.17) is 15.4 Å². The lowest BCUT2D eigenvalue weighted by atomic mass is 10.2. The van der Waals surface area contributed by atoms with E-state index in [1.54, 1.807) is 0 Å². The molecule has 0 aromatic heterocycles. The van der Waals surface area contributed by atoms with E-state index >= 15 is 0 Å². The smallest absolute Gasteiger partial charge is 0.178 e. The van der Waals surface area contributed by atoms with Crippen LogP contribution in [0.15, 0.2) is 0 Å². The lowest BCUT2D eigenvalue weighted by Gasteiger charge is -2.20. The van der Waals surface area contributed by atoms with Gasteiger partial charge in [-0.05, 0) is 12.8 Å². The van der Waals surface area contributed by atoms with Gasteiger partial charge in [-0.3, -0.25) is 4.84 Å². The maximum atomic E-state index is 5.15. The van der Waals surface area contributed by atoms with Crippen LogP contribution in [0.25, 0.3) is 0 Å². The number of hydrogen-bond donors (Lipinski definition) is 2. The van der Waals surface area contributed by atoms with Gasteiger partial charge in [0.15, 0.2) is 6.29 Å². The van der Waals surface area contributed by atoms with Gasteiger partial charge in [-0.2, -0.15) is 0 Å². The first-order valence-electron chi connectivity index (χ1n) is 3.16. The van der Waals surface area contributed by atoms with Crippen LogP contribution in [0.3, 0.4) is 0 Å². The van der Waals surface area contributed by atoms with Crippen molar-refractivity contribution in [2.45, 2.75) is 25.6 Å². The van der Waals surface area contributed by atoms with E-state index in [0.29, 0.717) is 0 Å². The quantitative estimate of drug-likeness (QED) is 0.407. The standard InChI is InChI=1S/C5H12N2O2/c6-7-9-5-3-1-2-4-8-5/h5,7H,1-4,6H2. The molecule has 1 aliphatic heterocycles. The van der Waals surface area contributed by atoms with Crippen LogP contribution < -0.4 is 11.4 Å². The van der Waals surface area contributed by atoms with Crippen LogP contribution in [0.1, 0.15) is 19.3 Å². The molecule has 0 saturated carbocycles. The lowest BCUT2D eigenvalue weighted by molar-refractivity contribution is -0.197. The zero-order valence-corrected chi connectivity index (χ0v) is 5.30. The van der Waals surface area contributed by atoms with Crippen molar-refractivity contribution in [3.63, 3.8) is 0 Å². The Balaban J connectivity index is 2.08. The molecule has 0 aliphatic carbocycles. The molecule has 1 heterocycles. The van der Waals surface area contributed by atoms with Gasteiger partial charge >= 0.3 is 0 Å². The number of nitrogens with one attached hydrogen (secondary N) is 1. The highest BCUT2D eigenvalue weighted by Crippen LogP contribution is 2.11. The van der Waals surface area contributed by atoms with Crippen LogP contribution in [0.2, 0.25) is 0 Å². The maximum Gasteiger partial charge on any atom is 0.178 e. The molecule has 54 valence electrons. The van der Waals surface area contributed by atoms with Crippen LogP contribution in [0, 0.1) is 0 Å². The highest BCUT2D eigenvalue weighted by Gasteiger charge is 2.12. The molecule has 1 saturated heterocycles. The minimum absolute atomic E-state index is 0.135. The van der Waals surface area contributed by atoms with Gasteiger partial charge in [0.2, 0.25) is 0 Å². The first-order valence-corrected chi connectivity index (χ1v) is 3.16. The molecule has 1 rings (SSSR count). The minimum atomic E-state index is -0.135. The Morgan fingerprint density at radius 2 is 2.44 bits per heavy atom. The third kappa shape index (κ3) is 2.28. The fraction of sp³-hybridized carbons (Fsp3) is 1.00. The predicted octanol–water partition coefficient (Wildman–Crippen LogP) is -0.0921. The normalized spacial score (nSPS) is 28.3. The number of rotatable bonds is 2. The van der Waals surface area contributed by atoms with E-state index in [0.717, 1.165) is 25.9 Å². The second-order valence-corrected chi connectivity index (χ2v) is 2.03. The average Bonchev–Trinajstić information content (AvgIpc) is 1.91. The largest absolute Gasteiger partial charge is 0.351 e. The number of hydrogen-bond acceptors (Lipinski definition) is 4. The average molecular weight is 132 g/mol. The topological polar surface area (TPSA) is 56.5 Å². The molecule has 1 unspecified atom stereocenters. The molecule has 9 heavy (non-hydrogen) atoms. The van der Waals surface area contributed by atoms with Crippen LogP contribution in [-0.2, 0) is 9.57 Å². The summed E-state index contributed by atoms with van der Waals surface area (Å²) in [5.74, 6) is 4.91. The van der Waals surface area contributed by atoms with Crippen molar-refractivity contribution in [3.8, 4) is 0 Å². The van der Waals surface area contributed by atoms with Gasteiger partial charge < -0.3 is 4.74 Å². The molecule has 4 heteroatoms. The summed E-state index contributed by atoms with van der Waals surface area (Å²) in [4.78, 5) is 4.79. The van der Waals surface area contributed by atoms with Crippen molar-refractivity contribution in [1.82, 2.24) is 5.59 Å². The molecule has 0 amide bonds. The summed E-state index contributed by atoms with van der Waals surface area (Å²) in [6.07, 6.45) is 3.09. The molecule has 0 radical (unpaired) electrons. The van der Waals surface area contributed by atoms with E-state index in [1.807, 2.05) is 0 Å². The molecule has 1 aliphatic rings. The summed E-state index contributed by atoms with van der Waals surface area (Å²) in [7, 11) is 0. The molecular weight excluding hydrogens is 120 g/mol. The van der Waals surface area contributed by atoms with Gasteiger partial charge in [0.05, 0.1) is 0 Å². The molecule has 4 nitrogen and oxygen atoms in total. The summed E-state index contributed by atoms with van der Waals surface area (Å²) < 4.78 is 5.15. The summed E-state index contributed by atoms with van der Waals surface area (Å²) >= 11 is 0. The van der Waals surface area contributed by atoms with Crippen molar-refractivity contribution >= 4 is 0 Å². The third-order valence-electron chi connectivity index (χ3n) is 1.34. The first-order chi connectivity index (χ1) is 4.43. The number of ether oxygens (including phenoxy) is 1. The first kappa shape index (κ1) is 6.95. The monoisotopic (exact) mass is 132 g/mol. The van der Waals surface area contributed by atoms with E-state index < -0.39 is 0 Å². The summed E-state index contributed by atoms with van der Waals surface area (Å²) in [5.41, 5.74) is 2.11. The summed E-state index contributed by atoms with van der Waals surface area (Å²) in [6.45, 7) is 0.784. The molecule has 0 spiro atoms. The Morgan fingerprint density at radius 1 is 1.56 bits per heavy atom. The van der Waals surface area contributed by atoms with Crippen LogP contribution in [0.4, 0.5) is 0 Å². The van der Waals surface area contributed by atoms with Crippen molar-refractivity contribution < 1.29 is 9.57 Å². The van der Waals surface area contributed by atoms with Gasteiger partial charge in [-0.25, -0.2) is 5.84 Å². The van der Waals surface area contributed by atoms with Crippen LogP contribution in [0.5, 0.6) is 0 Å². The van der Waals surface area contributed by atoms with Gasteiger partial charge in [0.25, 0.3) is 0 Å². The fourth-order valence-corrected chi connectivity index (χ4v) is 0.880. The SMILES string of the molecule is NNOC1CCCCO1. The van der Waals surface area contributed by atoms with Crippen molar-refractivity contribution in [2.24, 2.45) is 5.84 Å². The van der Waals surface area contributed by atoms with Gasteiger partial charge in [-0.15, -0.1) is 5.59 Å². The molecule has 1 fully saturated rings. The third-order valence-corrected chi connectivity index (χ3v) is 1.34. The fourth-order valence-electron chi connectivity index (χ4n) is 0.880. The maximum absolute atomic E-state index is 5.15. The highest BCUT2D eigenvalue weighted by molar-refractivity contribution is 4.51. The van der Waals surface area contributed by atoms with Crippen molar-refractivity contribution in [2.75, 3.05) is 6.61 Å². The Kier molecular flexibility index (Phi) is 2.93. The minimum Gasteiger partial charge on any atom is -0.351 e. The van der Waals surface area contributed by atoms with Crippen molar-refractivity contribution in [1.29, 1.82) is 0 Å². The van der Waals surface area contributed by atoms with Gasteiger partial charge in [0, 0.05) is 13.0 Å². The number of hydrazine groups is 1. The van der Waals surface area contributed by atoms with E-state index in [9.17, 15) is 0 Å². The number of nitrogens with two attached hydrogens (primary N) is 1. The van der Waals surface area contributed by atoms with Gasteiger partial charge in [-0.1, -0.05) is 0 Å². The molecule has 1 atom stereocenters. The summed E-state index contributed by atoms with van der Waals surface area (Å²) in [6, 6.07) is 0. The molecule has 0 bridgehead atoms. The Morgan fingerprint density at radius 3 is 3.00 bits per heavy atom. The van der Waals surface area contributed by atoms with E-state index in [2.05, 4.69) is 5.59 Å². The highest BCUT2D eigenvalue weighted by atomic mass is 16.8. The van der Waals surface area contributed by atoms with E-state index in [1.165, 1.54) is 0 Å². The summed E-state index contributed by atoms with van der Waals surface area (Å²) in [5, 5.41) is 0. The van der Waals surface area contributed by atoms with Gasteiger partial charge in [0.1, 0.15) is 0 Å². The second-order valence-electron chi connectivity index (χ2n) is 2.03. The zero-order chi connectivity index (χ0) is 6.53.